The van der Waals surface area contributed by atoms with Gasteiger partial charge in [-0.2, -0.15) is 0 Å². The molecule has 1 rings (SSSR count). The zero-order chi connectivity index (χ0) is 9.84. The molecule has 0 bridgehead atoms. The van der Waals surface area contributed by atoms with Crippen LogP contribution in [-0.2, 0) is 0 Å². The molecule has 0 unspecified atom stereocenters. The summed E-state index contributed by atoms with van der Waals surface area (Å²) in [5.41, 5.74) is 6.05. The summed E-state index contributed by atoms with van der Waals surface area (Å²) in [4.78, 5) is 7.67. The van der Waals surface area contributed by atoms with Crippen LogP contribution < -0.4 is 5.73 Å². The molecule has 0 aliphatic heterocycles. The molecule has 0 amide bonds. The van der Waals surface area contributed by atoms with E-state index >= 15 is 0 Å². The Kier molecular flexibility index (Phi) is 2.95. The van der Waals surface area contributed by atoms with Crippen molar-refractivity contribution in [2.75, 3.05) is 0 Å². The number of nitrogens with zero attached hydrogens (tertiary/aromatic N) is 2. The number of nitrogens with two attached hydrogens (primary N) is 1. The SMILES string of the molecule is CC(C)C(N)=Nc1cncc(F)c1. The molecule has 0 saturated heterocycles. The number of hydrogen-bond acceptors (Lipinski definition) is 2. The summed E-state index contributed by atoms with van der Waals surface area (Å²) in [5, 5.41) is 0. The highest BCUT2D eigenvalue weighted by Crippen LogP contribution is 2.11. The first-order valence-electron chi connectivity index (χ1n) is 4.04. The van der Waals surface area contributed by atoms with Gasteiger partial charge in [0, 0.05) is 12.0 Å². The van der Waals surface area contributed by atoms with E-state index in [1.54, 1.807) is 0 Å². The van der Waals surface area contributed by atoms with Crippen LogP contribution in [0.15, 0.2) is 23.5 Å². The molecule has 13 heavy (non-hydrogen) atoms. The molecule has 70 valence electrons. The van der Waals surface area contributed by atoms with Crippen LogP contribution in [0.25, 0.3) is 0 Å². The maximum absolute atomic E-state index is 12.6. The molecule has 0 aromatic carbocycles. The largest absolute Gasteiger partial charge is 0.387 e. The molecule has 0 fully saturated rings. The number of hydrogen-bond donors (Lipinski definition) is 1. The predicted molar refractivity (Wildman–Crippen MR) is 50.3 cm³/mol. The van der Waals surface area contributed by atoms with Crippen LogP contribution in [0.4, 0.5) is 10.1 Å². The van der Waals surface area contributed by atoms with E-state index < -0.39 is 5.82 Å². The third-order valence-corrected chi connectivity index (χ3v) is 1.54. The van der Waals surface area contributed by atoms with Gasteiger partial charge < -0.3 is 5.73 Å². The van der Waals surface area contributed by atoms with Crippen LogP contribution in [-0.4, -0.2) is 10.8 Å². The first-order valence-corrected chi connectivity index (χ1v) is 4.04. The van der Waals surface area contributed by atoms with Gasteiger partial charge in [0.25, 0.3) is 0 Å². The van der Waals surface area contributed by atoms with Gasteiger partial charge in [-0.1, -0.05) is 13.8 Å². The number of aliphatic imine (C=N–C) groups is 1. The Bertz CT molecular complexity index is 320. The van der Waals surface area contributed by atoms with E-state index in [0.29, 0.717) is 11.5 Å². The Morgan fingerprint density at radius 3 is 2.77 bits per heavy atom. The summed E-state index contributed by atoms with van der Waals surface area (Å²) >= 11 is 0. The molecule has 3 nitrogen and oxygen atoms in total. The van der Waals surface area contributed by atoms with Gasteiger partial charge >= 0.3 is 0 Å². The van der Waals surface area contributed by atoms with Crippen LogP contribution in [0.1, 0.15) is 13.8 Å². The smallest absolute Gasteiger partial charge is 0.143 e. The average molecular weight is 181 g/mol. The van der Waals surface area contributed by atoms with Crippen LogP contribution in [0.3, 0.4) is 0 Å². The maximum atomic E-state index is 12.6. The maximum Gasteiger partial charge on any atom is 0.143 e. The fourth-order valence-corrected chi connectivity index (χ4v) is 0.740. The molecular weight excluding hydrogens is 169 g/mol. The fraction of sp³-hybridized carbons (Fsp3) is 0.333. The summed E-state index contributed by atoms with van der Waals surface area (Å²) in [6, 6.07) is 1.29. The van der Waals surface area contributed by atoms with Gasteiger partial charge in [0.2, 0.25) is 0 Å². The molecule has 0 spiro atoms. The van der Waals surface area contributed by atoms with Gasteiger partial charge in [-0.25, -0.2) is 9.38 Å². The van der Waals surface area contributed by atoms with Crippen molar-refractivity contribution >= 4 is 11.5 Å². The number of amidine groups is 1. The van der Waals surface area contributed by atoms with Crippen LogP contribution in [0, 0.1) is 11.7 Å². The number of pyridine rings is 1. The fourth-order valence-electron chi connectivity index (χ4n) is 0.740. The minimum atomic E-state index is -0.405. The van der Waals surface area contributed by atoms with E-state index in [1.165, 1.54) is 12.3 Å². The van der Waals surface area contributed by atoms with Crippen molar-refractivity contribution < 1.29 is 4.39 Å². The summed E-state index contributed by atoms with van der Waals surface area (Å²) in [6.45, 7) is 3.84. The van der Waals surface area contributed by atoms with Crippen molar-refractivity contribution in [1.82, 2.24) is 4.98 Å². The van der Waals surface area contributed by atoms with Gasteiger partial charge in [-0.3, -0.25) is 4.98 Å². The Labute approximate surface area is 76.5 Å². The van der Waals surface area contributed by atoms with E-state index in [4.69, 9.17) is 5.73 Å². The normalized spacial score (nSPS) is 12.2. The lowest BCUT2D eigenvalue weighted by molar-refractivity contribution is 0.622. The van der Waals surface area contributed by atoms with E-state index in [0.717, 1.165) is 6.20 Å². The Balaban J connectivity index is 2.91. The highest BCUT2D eigenvalue weighted by molar-refractivity contribution is 5.84. The lowest BCUT2D eigenvalue weighted by atomic mass is 10.2. The van der Waals surface area contributed by atoms with Crippen molar-refractivity contribution in [2.45, 2.75) is 13.8 Å². The number of aromatic nitrogens is 1. The van der Waals surface area contributed by atoms with E-state index in [2.05, 4.69) is 9.98 Å². The van der Waals surface area contributed by atoms with E-state index in [9.17, 15) is 4.39 Å². The predicted octanol–water partition coefficient (Wildman–Crippen LogP) is 1.87. The second-order valence-electron chi connectivity index (χ2n) is 3.05. The summed E-state index contributed by atoms with van der Waals surface area (Å²) in [6.07, 6.45) is 2.60. The Morgan fingerprint density at radius 1 is 1.54 bits per heavy atom. The summed E-state index contributed by atoms with van der Waals surface area (Å²) in [7, 11) is 0. The molecule has 1 aromatic heterocycles. The van der Waals surface area contributed by atoms with Gasteiger partial charge in [0.15, 0.2) is 0 Å². The van der Waals surface area contributed by atoms with E-state index in [1.807, 2.05) is 13.8 Å². The van der Waals surface area contributed by atoms with Gasteiger partial charge in [-0.05, 0) is 0 Å². The molecule has 0 aliphatic rings. The zero-order valence-corrected chi connectivity index (χ0v) is 7.66. The number of rotatable bonds is 2. The Morgan fingerprint density at radius 2 is 2.23 bits per heavy atom. The van der Waals surface area contributed by atoms with Gasteiger partial charge in [-0.15, -0.1) is 0 Å². The third-order valence-electron chi connectivity index (χ3n) is 1.54. The number of halogens is 1. The molecule has 2 N–H and O–H groups in total. The van der Waals surface area contributed by atoms with Crippen molar-refractivity contribution in [3.05, 3.63) is 24.3 Å². The van der Waals surface area contributed by atoms with Crippen LogP contribution >= 0.6 is 0 Å². The Hall–Kier alpha value is -1.45. The minimum absolute atomic E-state index is 0.156. The van der Waals surface area contributed by atoms with Crippen molar-refractivity contribution in [1.29, 1.82) is 0 Å². The molecule has 1 heterocycles. The lowest BCUT2D eigenvalue weighted by Crippen LogP contribution is -2.18. The van der Waals surface area contributed by atoms with E-state index in [-0.39, 0.29) is 5.92 Å². The molecule has 0 radical (unpaired) electrons. The van der Waals surface area contributed by atoms with Gasteiger partial charge in [0.1, 0.15) is 11.7 Å². The second-order valence-corrected chi connectivity index (χ2v) is 3.05. The molecule has 0 saturated carbocycles. The quantitative estimate of drug-likeness (QED) is 0.559. The summed E-state index contributed by atoms with van der Waals surface area (Å²) < 4.78 is 12.6. The average Bonchev–Trinajstić information content (AvgIpc) is 2.04. The second kappa shape index (κ2) is 3.98. The minimum Gasteiger partial charge on any atom is -0.387 e. The first kappa shape index (κ1) is 9.64. The molecule has 1 aromatic rings. The molecule has 0 aliphatic carbocycles. The first-order chi connectivity index (χ1) is 6.09. The summed E-state index contributed by atoms with van der Waals surface area (Å²) in [5.74, 6) is 0.230. The van der Waals surface area contributed by atoms with Crippen molar-refractivity contribution in [3.8, 4) is 0 Å². The highest BCUT2D eigenvalue weighted by atomic mass is 19.1. The van der Waals surface area contributed by atoms with Gasteiger partial charge in [0.05, 0.1) is 18.1 Å². The van der Waals surface area contributed by atoms with Crippen LogP contribution in [0.5, 0.6) is 0 Å². The monoisotopic (exact) mass is 181 g/mol. The highest BCUT2D eigenvalue weighted by Gasteiger charge is 2.00. The molecule has 4 heteroatoms. The molecular formula is C9H12FN3. The standard InChI is InChI=1S/C9H12FN3/c1-6(2)9(11)13-8-3-7(10)4-12-5-8/h3-6H,1-2H3,(H2,11,13). The van der Waals surface area contributed by atoms with Crippen LogP contribution in [0.2, 0.25) is 0 Å². The third kappa shape index (κ3) is 2.82. The topological polar surface area (TPSA) is 51.3 Å². The zero-order valence-electron chi connectivity index (χ0n) is 7.66. The molecule has 0 atom stereocenters. The van der Waals surface area contributed by atoms with Crippen molar-refractivity contribution in [3.63, 3.8) is 0 Å². The lowest BCUT2D eigenvalue weighted by Gasteiger charge is -2.02. The van der Waals surface area contributed by atoms with Crippen molar-refractivity contribution in [2.24, 2.45) is 16.6 Å².